The van der Waals surface area contributed by atoms with Gasteiger partial charge >= 0.3 is 0 Å². The molecule has 2 heteroatoms. The van der Waals surface area contributed by atoms with Crippen molar-refractivity contribution in [2.45, 2.75) is 60.7 Å². The second kappa shape index (κ2) is 7.16. The third-order valence-electron chi connectivity index (χ3n) is 3.65. The molecular weight excluding hydrogens is 193 g/mol. The van der Waals surface area contributed by atoms with Crippen molar-refractivity contribution in [2.75, 3.05) is 6.54 Å². The summed E-state index contributed by atoms with van der Waals surface area (Å²) in [7, 11) is 2.20. The molecule has 0 saturated carbocycles. The first kappa shape index (κ1) is 15.8. The first-order chi connectivity index (χ1) is 7.29. The van der Waals surface area contributed by atoms with Crippen molar-refractivity contribution in [1.82, 2.24) is 5.23 Å². The molecule has 0 fully saturated rings. The first-order valence-electron chi connectivity index (χ1n) is 6.51. The van der Waals surface area contributed by atoms with E-state index in [4.69, 9.17) is 0 Å². The van der Waals surface area contributed by atoms with E-state index in [1.807, 2.05) is 0 Å². The molecule has 0 aromatic carbocycles. The van der Waals surface area contributed by atoms with Crippen LogP contribution in [0.25, 0.3) is 0 Å². The van der Waals surface area contributed by atoms with E-state index >= 15 is 0 Å². The lowest BCUT2D eigenvalue weighted by Crippen LogP contribution is -2.34. The van der Waals surface area contributed by atoms with E-state index in [2.05, 4.69) is 67.2 Å². The molecule has 0 aliphatic rings. The number of allylic oxidation sites excluding steroid dienone is 2. The SMILES string of the molecule is CCC(C)(C)C(C)CN[B]C(C)C=C(C)C. The Bertz CT molecular complexity index is 217. The Kier molecular flexibility index (Phi) is 7.06. The Labute approximate surface area is 103 Å². The van der Waals surface area contributed by atoms with E-state index < -0.39 is 0 Å². The summed E-state index contributed by atoms with van der Waals surface area (Å²) in [6.45, 7) is 16.9. The molecule has 0 bridgehead atoms. The molecule has 0 aliphatic carbocycles. The fourth-order valence-electron chi connectivity index (χ4n) is 1.63. The zero-order valence-corrected chi connectivity index (χ0v) is 12.2. The van der Waals surface area contributed by atoms with Crippen LogP contribution >= 0.6 is 0 Å². The van der Waals surface area contributed by atoms with Crippen LogP contribution in [0, 0.1) is 11.3 Å². The highest BCUT2D eigenvalue weighted by Crippen LogP contribution is 2.29. The average molecular weight is 222 g/mol. The number of hydrogen-bond acceptors (Lipinski definition) is 1. The van der Waals surface area contributed by atoms with Gasteiger partial charge in [-0.1, -0.05) is 52.7 Å². The molecule has 0 amide bonds. The Morgan fingerprint density at radius 1 is 1.31 bits per heavy atom. The number of hydrogen-bond donors (Lipinski definition) is 1. The van der Waals surface area contributed by atoms with Crippen molar-refractivity contribution in [1.29, 1.82) is 0 Å². The minimum atomic E-state index is 0.431. The van der Waals surface area contributed by atoms with Crippen LogP contribution in [-0.2, 0) is 0 Å². The van der Waals surface area contributed by atoms with Crippen molar-refractivity contribution in [3.05, 3.63) is 11.6 Å². The molecule has 1 nitrogen and oxygen atoms in total. The van der Waals surface area contributed by atoms with Gasteiger partial charge in [0.05, 0.1) is 0 Å². The first-order valence-corrected chi connectivity index (χ1v) is 6.51. The van der Waals surface area contributed by atoms with Gasteiger partial charge in [-0.2, -0.15) is 0 Å². The standard InChI is InChI=1S/C14H29BN/c1-8-14(6,7)12(4)10-16-15-13(5)9-11(2)3/h9,12-13,16H,8,10H2,1-7H3. The molecular formula is C14H29BN. The van der Waals surface area contributed by atoms with E-state index in [-0.39, 0.29) is 0 Å². The Morgan fingerprint density at radius 3 is 2.31 bits per heavy atom. The summed E-state index contributed by atoms with van der Waals surface area (Å²) in [6.07, 6.45) is 3.52. The summed E-state index contributed by atoms with van der Waals surface area (Å²) < 4.78 is 0. The van der Waals surface area contributed by atoms with Crippen LogP contribution in [0.4, 0.5) is 0 Å². The Hall–Kier alpha value is -0.235. The van der Waals surface area contributed by atoms with Crippen molar-refractivity contribution >= 4 is 7.41 Å². The third-order valence-corrected chi connectivity index (χ3v) is 3.65. The molecule has 1 radical (unpaired) electrons. The lowest BCUT2D eigenvalue weighted by Gasteiger charge is -2.31. The van der Waals surface area contributed by atoms with Gasteiger partial charge in [-0.15, -0.1) is 0 Å². The minimum Gasteiger partial charge on any atom is -0.360 e. The summed E-state index contributed by atoms with van der Waals surface area (Å²) in [5.41, 5.74) is 1.81. The summed E-state index contributed by atoms with van der Waals surface area (Å²) in [5.74, 6) is 1.22. The van der Waals surface area contributed by atoms with Gasteiger partial charge < -0.3 is 5.23 Å². The molecule has 0 saturated heterocycles. The highest BCUT2D eigenvalue weighted by molar-refractivity contribution is 6.35. The summed E-state index contributed by atoms with van der Waals surface area (Å²) in [5, 5.41) is 3.46. The molecule has 0 aliphatic heterocycles. The van der Waals surface area contributed by atoms with Gasteiger partial charge in [0.2, 0.25) is 7.41 Å². The molecule has 0 aromatic rings. The molecule has 0 aromatic heterocycles. The maximum absolute atomic E-state index is 3.46. The van der Waals surface area contributed by atoms with Gasteiger partial charge in [0.25, 0.3) is 0 Å². The zero-order chi connectivity index (χ0) is 12.8. The minimum absolute atomic E-state index is 0.431. The zero-order valence-electron chi connectivity index (χ0n) is 12.2. The van der Waals surface area contributed by atoms with Gasteiger partial charge in [0, 0.05) is 0 Å². The monoisotopic (exact) mass is 222 g/mol. The van der Waals surface area contributed by atoms with Crippen LogP contribution in [0.15, 0.2) is 11.6 Å². The van der Waals surface area contributed by atoms with Crippen LogP contribution in [0.3, 0.4) is 0 Å². The molecule has 0 spiro atoms. The van der Waals surface area contributed by atoms with Crippen molar-refractivity contribution in [3.63, 3.8) is 0 Å². The largest absolute Gasteiger partial charge is 0.360 e. The maximum Gasteiger partial charge on any atom is 0.212 e. The lowest BCUT2D eigenvalue weighted by atomic mass is 9.73. The summed E-state index contributed by atoms with van der Waals surface area (Å²) in [4.78, 5) is 0. The van der Waals surface area contributed by atoms with Gasteiger partial charge in [-0.05, 0) is 37.5 Å². The smallest absolute Gasteiger partial charge is 0.212 e. The van der Waals surface area contributed by atoms with E-state index in [9.17, 15) is 0 Å². The average Bonchev–Trinajstić information content (AvgIpc) is 2.16. The predicted octanol–water partition coefficient (Wildman–Crippen LogP) is 4.04. The van der Waals surface area contributed by atoms with E-state index in [1.165, 1.54) is 12.0 Å². The second-order valence-electron chi connectivity index (χ2n) is 5.92. The van der Waals surface area contributed by atoms with Crippen LogP contribution in [0.5, 0.6) is 0 Å². The second-order valence-corrected chi connectivity index (χ2v) is 5.92. The molecule has 16 heavy (non-hydrogen) atoms. The fraction of sp³-hybridized carbons (Fsp3) is 0.857. The van der Waals surface area contributed by atoms with Gasteiger partial charge in [0.1, 0.15) is 0 Å². The number of rotatable bonds is 7. The van der Waals surface area contributed by atoms with Crippen molar-refractivity contribution < 1.29 is 0 Å². The molecule has 0 rings (SSSR count). The van der Waals surface area contributed by atoms with Crippen LogP contribution in [0.1, 0.15) is 54.9 Å². The van der Waals surface area contributed by atoms with Crippen molar-refractivity contribution in [2.24, 2.45) is 11.3 Å². The van der Waals surface area contributed by atoms with E-state index in [0.29, 0.717) is 17.2 Å². The highest BCUT2D eigenvalue weighted by atomic mass is 14.8. The molecule has 0 heterocycles. The van der Waals surface area contributed by atoms with E-state index in [0.717, 1.165) is 6.54 Å². The molecule has 93 valence electrons. The predicted molar refractivity (Wildman–Crippen MR) is 75.8 cm³/mol. The summed E-state index contributed by atoms with van der Waals surface area (Å²) in [6, 6.07) is 0. The summed E-state index contributed by atoms with van der Waals surface area (Å²) >= 11 is 0. The van der Waals surface area contributed by atoms with Crippen LogP contribution in [-0.4, -0.2) is 14.0 Å². The van der Waals surface area contributed by atoms with Crippen molar-refractivity contribution in [3.8, 4) is 0 Å². The molecule has 2 atom stereocenters. The van der Waals surface area contributed by atoms with Crippen LogP contribution < -0.4 is 5.23 Å². The Balaban J connectivity index is 3.87. The van der Waals surface area contributed by atoms with Gasteiger partial charge in [0.15, 0.2) is 0 Å². The highest BCUT2D eigenvalue weighted by Gasteiger charge is 2.23. The van der Waals surface area contributed by atoms with Crippen LogP contribution in [0.2, 0.25) is 5.82 Å². The maximum atomic E-state index is 3.46. The number of nitrogens with one attached hydrogen (secondary N) is 1. The van der Waals surface area contributed by atoms with Gasteiger partial charge in [-0.25, -0.2) is 0 Å². The molecule has 1 N–H and O–H groups in total. The molecule has 2 unspecified atom stereocenters. The third kappa shape index (κ3) is 6.37. The normalized spacial score (nSPS) is 15.4. The quantitative estimate of drug-likeness (QED) is 0.506. The topological polar surface area (TPSA) is 12.0 Å². The Morgan fingerprint density at radius 2 is 1.88 bits per heavy atom. The van der Waals surface area contributed by atoms with Gasteiger partial charge in [-0.3, -0.25) is 0 Å². The van der Waals surface area contributed by atoms with E-state index in [1.54, 1.807) is 0 Å². The lowest BCUT2D eigenvalue weighted by molar-refractivity contribution is 0.223. The fourth-order valence-corrected chi connectivity index (χ4v) is 1.63.